The maximum Gasteiger partial charge on any atom is 0.470 e. The third-order valence-corrected chi connectivity index (χ3v) is 5.41. The van der Waals surface area contributed by atoms with Gasteiger partial charge in [0.2, 0.25) is 0 Å². The van der Waals surface area contributed by atoms with Crippen molar-refractivity contribution >= 4 is 25.3 Å². The number of methoxy groups -OCH3 is 1. The molecule has 2 saturated heterocycles. The standard InChI is InChI=1S/C16H21F2N2O7P/c1-25-10-16(27-28(22,23)24)2-4-19(5-3-16)14-12(17)8-11(9-13(14)18)20-6-7-26-15(20)21/h8-9H,2-7,10H2,1H3,(H2,22,23,24). The molecule has 2 fully saturated rings. The first-order valence-corrected chi connectivity index (χ1v) is 10.1. The molecule has 0 atom stereocenters. The fraction of sp³-hybridized carbons (Fsp3) is 0.562. The topological polar surface area (TPSA) is 109 Å². The SMILES string of the molecule is COCC1(OP(=O)(O)O)CCN(c2c(F)cc(N3CCOC3=O)cc2F)CC1. The summed E-state index contributed by atoms with van der Waals surface area (Å²) in [5, 5.41) is 0. The number of amides is 1. The van der Waals surface area contributed by atoms with Crippen LogP contribution >= 0.6 is 7.82 Å². The molecule has 3 rings (SSSR count). The van der Waals surface area contributed by atoms with Crippen molar-refractivity contribution in [3.8, 4) is 0 Å². The van der Waals surface area contributed by atoms with Crippen LogP contribution in [0.5, 0.6) is 0 Å². The Balaban J connectivity index is 1.78. The van der Waals surface area contributed by atoms with Gasteiger partial charge in [-0.15, -0.1) is 0 Å². The lowest BCUT2D eigenvalue weighted by Crippen LogP contribution is -2.48. The molecule has 156 valence electrons. The summed E-state index contributed by atoms with van der Waals surface area (Å²) < 4.78 is 55.3. The molecule has 28 heavy (non-hydrogen) atoms. The highest BCUT2D eigenvalue weighted by atomic mass is 31.2. The first-order chi connectivity index (χ1) is 13.1. The van der Waals surface area contributed by atoms with Crippen molar-refractivity contribution in [2.75, 3.05) is 49.8 Å². The predicted octanol–water partition coefficient (Wildman–Crippen LogP) is 2.02. The minimum Gasteiger partial charge on any atom is -0.447 e. The monoisotopic (exact) mass is 422 g/mol. The number of cyclic esters (lactones) is 1. The molecule has 9 nitrogen and oxygen atoms in total. The van der Waals surface area contributed by atoms with Crippen LogP contribution in [0.4, 0.5) is 25.0 Å². The number of carbonyl (C=O) groups excluding carboxylic acids is 1. The molecule has 0 radical (unpaired) electrons. The van der Waals surface area contributed by atoms with Gasteiger partial charge in [-0.3, -0.25) is 9.42 Å². The Kier molecular flexibility index (Phi) is 5.92. The Morgan fingerprint density at radius 3 is 2.29 bits per heavy atom. The zero-order chi connectivity index (χ0) is 20.5. The molecule has 1 aromatic rings. The number of ether oxygens (including phenoxy) is 2. The predicted molar refractivity (Wildman–Crippen MR) is 94.2 cm³/mol. The lowest BCUT2D eigenvalue weighted by Gasteiger charge is -2.41. The molecule has 0 saturated carbocycles. The van der Waals surface area contributed by atoms with Gasteiger partial charge >= 0.3 is 13.9 Å². The normalized spacial score (nSPS) is 19.8. The molecule has 0 unspecified atom stereocenters. The molecule has 1 amide bonds. The number of piperidine rings is 1. The third-order valence-electron chi connectivity index (χ3n) is 4.79. The molecule has 2 N–H and O–H groups in total. The summed E-state index contributed by atoms with van der Waals surface area (Å²) in [5.41, 5.74) is -1.44. The van der Waals surface area contributed by atoms with Gasteiger partial charge in [-0.2, -0.15) is 0 Å². The largest absolute Gasteiger partial charge is 0.470 e. The van der Waals surface area contributed by atoms with Crippen LogP contribution in [0, 0.1) is 11.6 Å². The second-order valence-corrected chi connectivity index (χ2v) is 7.87. The molecule has 0 aliphatic carbocycles. The molecular formula is C16H21F2N2O7P. The third kappa shape index (κ3) is 4.44. The van der Waals surface area contributed by atoms with E-state index in [1.807, 2.05) is 0 Å². The fourth-order valence-electron chi connectivity index (χ4n) is 3.55. The Morgan fingerprint density at radius 1 is 1.21 bits per heavy atom. The second-order valence-electron chi connectivity index (χ2n) is 6.71. The lowest BCUT2D eigenvalue weighted by atomic mass is 9.92. The Hall–Kier alpha value is -1.78. The van der Waals surface area contributed by atoms with Gasteiger partial charge in [0.1, 0.15) is 17.9 Å². The molecule has 0 spiro atoms. The zero-order valence-electron chi connectivity index (χ0n) is 15.1. The number of benzene rings is 1. The van der Waals surface area contributed by atoms with Crippen LogP contribution < -0.4 is 9.80 Å². The summed E-state index contributed by atoms with van der Waals surface area (Å²) in [7, 11) is -3.39. The van der Waals surface area contributed by atoms with Crippen LogP contribution in [-0.2, 0) is 18.6 Å². The van der Waals surface area contributed by atoms with E-state index in [0.29, 0.717) is 0 Å². The second kappa shape index (κ2) is 7.92. The number of rotatable bonds is 6. The van der Waals surface area contributed by atoms with Gasteiger partial charge in [-0.1, -0.05) is 0 Å². The Morgan fingerprint density at radius 2 is 1.82 bits per heavy atom. The minimum absolute atomic E-state index is 0.0626. The molecule has 2 aliphatic rings. The molecule has 0 bridgehead atoms. The van der Waals surface area contributed by atoms with E-state index in [1.54, 1.807) is 0 Å². The van der Waals surface area contributed by atoms with Crippen LogP contribution in [0.2, 0.25) is 0 Å². The van der Waals surface area contributed by atoms with Crippen LogP contribution in [0.25, 0.3) is 0 Å². The van der Waals surface area contributed by atoms with E-state index in [0.717, 1.165) is 17.0 Å². The molecule has 1 aromatic carbocycles. The number of hydrogen-bond acceptors (Lipinski definition) is 6. The maximum atomic E-state index is 14.6. The summed E-state index contributed by atoms with van der Waals surface area (Å²) in [4.78, 5) is 32.5. The Labute approximate surface area is 160 Å². The van der Waals surface area contributed by atoms with Crippen molar-refractivity contribution in [2.24, 2.45) is 0 Å². The average molecular weight is 422 g/mol. The molecule has 0 aromatic heterocycles. The van der Waals surface area contributed by atoms with Crippen molar-refractivity contribution in [3.05, 3.63) is 23.8 Å². The highest BCUT2D eigenvalue weighted by molar-refractivity contribution is 7.46. The first kappa shape index (κ1) is 20.9. The number of hydrogen-bond donors (Lipinski definition) is 2. The van der Waals surface area contributed by atoms with Gasteiger partial charge in [0.05, 0.1) is 18.8 Å². The van der Waals surface area contributed by atoms with Gasteiger partial charge < -0.3 is 24.2 Å². The van der Waals surface area contributed by atoms with Crippen molar-refractivity contribution < 1.29 is 41.9 Å². The van der Waals surface area contributed by atoms with Gasteiger partial charge in [0.15, 0.2) is 11.6 Å². The number of anilines is 2. The number of phosphoric acid groups is 1. The van der Waals surface area contributed by atoms with E-state index in [2.05, 4.69) is 0 Å². The van der Waals surface area contributed by atoms with Gasteiger partial charge in [-0.05, 0) is 12.8 Å². The minimum atomic E-state index is -4.76. The summed E-state index contributed by atoms with van der Waals surface area (Å²) in [6.07, 6.45) is -0.459. The summed E-state index contributed by atoms with van der Waals surface area (Å²) in [5.74, 6) is -1.69. The molecule has 2 aliphatic heterocycles. The van der Waals surface area contributed by atoms with Crippen molar-refractivity contribution in [1.82, 2.24) is 0 Å². The summed E-state index contributed by atoms with van der Waals surface area (Å²) in [6.45, 7) is 0.495. The van der Waals surface area contributed by atoms with Crippen molar-refractivity contribution in [3.63, 3.8) is 0 Å². The van der Waals surface area contributed by atoms with Gasteiger partial charge in [0, 0.05) is 32.3 Å². The van der Waals surface area contributed by atoms with Gasteiger partial charge in [0.25, 0.3) is 0 Å². The van der Waals surface area contributed by atoms with Crippen LogP contribution in [0.1, 0.15) is 12.8 Å². The highest BCUT2D eigenvalue weighted by Crippen LogP contribution is 2.46. The molecule has 2 heterocycles. The Bertz CT molecular complexity index is 772. The summed E-state index contributed by atoms with van der Waals surface area (Å²) >= 11 is 0. The first-order valence-electron chi connectivity index (χ1n) is 8.58. The van der Waals surface area contributed by atoms with E-state index in [-0.39, 0.29) is 57.1 Å². The van der Waals surface area contributed by atoms with E-state index in [4.69, 9.17) is 23.8 Å². The van der Waals surface area contributed by atoms with E-state index < -0.39 is 31.2 Å². The van der Waals surface area contributed by atoms with Crippen LogP contribution in [0.3, 0.4) is 0 Å². The highest BCUT2D eigenvalue weighted by Gasteiger charge is 2.42. The molecular weight excluding hydrogens is 401 g/mol. The van der Waals surface area contributed by atoms with Crippen LogP contribution in [0.15, 0.2) is 12.1 Å². The van der Waals surface area contributed by atoms with E-state index >= 15 is 0 Å². The smallest absolute Gasteiger partial charge is 0.447 e. The van der Waals surface area contributed by atoms with Crippen molar-refractivity contribution in [2.45, 2.75) is 18.4 Å². The van der Waals surface area contributed by atoms with Gasteiger partial charge in [-0.25, -0.2) is 18.1 Å². The number of halogens is 2. The molecule has 12 heteroatoms. The lowest BCUT2D eigenvalue weighted by molar-refractivity contribution is -0.0437. The van der Waals surface area contributed by atoms with E-state index in [9.17, 15) is 18.1 Å². The quantitative estimate of drug-likeness (QED) is 0.671. The number of phosphoric ester groups is 1. The maximum absolute atomic E-state index is 14.6. The zero-order valence-corrected chi connectivity index (χ0v) is 16.0. The van der Waals surface area contributed by atoms with E-state index in [1.165, 1.54) is 12.0 Å². The number of nitrogens with zero attached hydrogens (tertiary/aromatic N) is 2. The number of carbonyl (C=O) groups is 1. The fourth-order valence-corrected chi connectivity index (χ4v) is 4.29. The average Bonchev–Trinajstić information content (AvgIpc) is 3.01. The summed E-state index contributed by atoms with van der Waals surface area (Å²) in [6, 6.07) is 2.13. The van der Waals surface area contributed by atoms with Crippen LogP contribution in [-0.4, -0.2) is 61.4 Å². The van der Waals surface area contributed by atoms with Crippen molar-refractivity contribution in [1.29, 1.82) is 0 Å².